The highest BCUT2D eigenvalue weighted by molar-refractivity contribution is 5.83. The fourth-order valence-corrected chi connectivity index (χ4v) is 2.15. The highest BCUT2D eigenvalue weighted by Crippen LogP contribution is 2.22. The van der Waals surface area contributed by atoms with E-state index in [1.807, 2.05) is 12.3 Å². The van der Waals surface area contributed by atoms with Crippen LogP contribution in [0.1, 0.15) is 12.0 Å². The van der Waals surface area contributed by atoms with Gasteiger partial charge in [0.05, 0.1) is 5.52 Å². The second kappa shape index (κ2) is 4.06. The van der Waals surface area contributed by atoms with Crippen LogP contribution >= 0.6 is 0 Å². The molecule has 0 spiro atoms. The van der Waals surface area contributed by atoms with Crippen LogP contribution in [0.4, 0.5) is 0 Å². The Morgan fingerprint density at radius 3 is 3.06 bits per heavy atom. The molecule has 0 saturated heterocycles. The SMILES string of the molecule is C1=C(c2ccc3cccnc3c2)CCNC1. The Morgan fingerprint density at radius 2 is 2.19 bits per heavy atom. The third kappa shape index (κ3) is 1.72. The lowest BCUT2D eigenvalue weighted by atomic mass is 9.99. The second-order valence-corrected chi connectivity index (χ2v) is 4.09. The maximum absolute atomic E-state index is 4.39. The number of fused-ring (bicyclic) bond motifs is 1. The first-order chi connectivity index (χ1) is 7.93. The summed E-state index contributed by atoms with van der Waals surface area (Å²) in [7, 11) is 0. The van der Waals surface area contributed by atoms with E-state index in [-0.39, 0.29) is 0 Å². The highest BCUT2D eigenvalue weighted by Gasteiger charge is 2.06. The first-order valence-electron chi connectivity index (χ1n) is 5.68. The average molecular weight is 210 g/mol. The summed E-state index contributed by atoms with van der Waals surface area (Å²) >= 11 is 0. The van der Waals surface area contributed by atoms with Crippen molar-refractivity contribution in [2.24, 2.45) is 0 Å². The Labute approximate surface area is 95.0 Å². The van der Waals surface area contributed by atoms with E-state index in [2.05, 4.69) is 40.6 Å². The van der Waals surface area contributed by atoms with Crippen LogP contribution in [-0.4, -0.2) is 18.1 Å². The van der Waals surface area contributed by atoms with Gasteiger partial charge in [-0.25, -0.2) is 0 Å². The van der Waals surface area contributed by atoms with Gasteiger partial charge in [-0.3, -0.25) is 4.98 Å². The summed E-state index contributed by atoms with van der Waals surface area (Å²) in [5.74, 6) is 0. The molecule has 2 nitrogen and oxygen atoms in total. The fourth-order valence-electron chi connectivity index (χ4n) is 2.15. The van der Waals surface area contributed by atoms with Crippen molar-refractivity contribution in [3.8, 4) is 0 Å². The molecule has 0 amide bonds. The Hall–Kier alpha value is -1.67. The summed E-state index contributed by atoms with van der Waals surface area (Å²) < 4.78 is 0. The molecular formula is C14H14N2. The molecule has 2 aromatic rings. The molecule has 0 radical (unpaired) electrons. The molecule has 0 aliphatic carbocycles. The van der Waals surface area contributed by atoms with Gasteiger partial charge in [0.15, 0.2) is 0 Å². The largest absolute Gasteiger partial charge is 0.313 e. The Kier molecular flexibility index (Phi) is 2.43. The Bertz CT molecular complexity index is 543. The molecule has 0 fully saturated rings. The Balaban J connectivity index is 2.07. The monoisotopic (exact) mass is 210 g/mol. The second-order valence-electron chi connectivity index (χ2n) is 4.09. The Morgan fingerprint density at radius 1 is 1.19 bits per heavy atom. The molecule has 0 saturated carbocycles. The number of nitrogens with one attached hydrogen (secondary N) is 1. The van der Waals surface area contributed by atoms with Crippen LogP contribution in [0.2, 0.25) is 0 Å². The number of benzene rings is 1. The number of rotatable bonds is 1. The summed E-state index contributed by atoms with van der Waals surface area (Å²) in [5, 5.41) is 4.54. The molecule has 2 heterocycles. The summed E-state index contributed by atoms with van der Waals surface area (Å²) in [4.78, 5) is 4.39. The minimum absolute atomic E-state index is 0.982. The van der Waals surface area contributed by atoms with Crippen molar-refractivity contribution in [3.05, 3.63) is 48.2 Å². The van der Waals surface area contributed by atoms with Crippen LogP contribution in [0.3, 0.4) is 0 Å². The van der Waals surface area contributed by atoms with Gasteiger partial charge in [0.2, 0.25) is 0 Å². The van der Waals surface area contributed by atoms with Crippen LogP contribution in [0.5, 0.6) is 0 Å². The standard InChI is InChI=1S/C14H14N2/c1-2-12-3-4-13(10-14(12)16-7-1)11-5-8-15-9-6-11/h1-5,7,10,15H,6,8-9H2. The van der Waals surface area contributed by atoms with Crippen LogP contribution in [0.25, 0.3) is 16.5 Å². The normalized spacial score (nSPS) is 16.1. The van der Waals surface area contributed by atoms with Crippen molar-refractivity contribution >= 4 is 16.5 Å². The zero-order valence-corrected chi connectivity index (χ0v) is 9.11. The van der Waals surface area contributed by atoms with Crippen molar-refractivity contribution in [2.75, 3.05) is 13.1 Å². The van der Waals surface area contributed by atoms with E-state index in [1.165, 1.54) is 16.5 Å². The van der Waals surface area contributed by atoms with Gasteiger partial charge in [-0.1, -0.05) is 24.3 Å². The maximum Gasteiger partial charge on any atom is 0.0708 e. The van der Waals surface area contributed by atoms with E-state index < -0.39 is 0 Å². The van der Waals surface area contributed by atoms with Gasteiger partial charge in [0.25, 0.3) is 0 Å². The predicted octanol–water partition coefficient (Wildman–Crippen LogP) is 2.61. The molecule has 0 bridgehead atoms. The third-order valence-corrected chi connectivity index (χ3v) is 3.04. The number of nitrogens with zero attached hydrogens (tertiary/aromatic N) is 1. The molecule has 16 heavy (non-hydrogen) atoms. The average Bonchev–Trinajstić information content (AvgIpc) is 2.39. The van der Waals surface area contributed by atoms with Gasteiger partial charge in [-0.05, 0) is 36.2 Å². The van der Waals surface area contributed by atoms with Crippen molar-refractivity contribution < 1.29 is 0 Å². The molecule has 2 heteroatoms. The van der Waals surface area contributed by atoms with E-state index in [0.717, 1.165) is 25.0 Å². The highest BCUT2D eigenvalue weighted by atomic mass is 14.8. The minimum Gasteiger partial charge on any atom is -0.313 e. The van der Waals surface area contributed by atoms with Crippen molar-refractivity contribution in [2.45, 2.75) is 6.42 Å². The summed E-state index contributed by atoms with van der Waals surface area (Å²) in [6.07, 6.45) is 5.23. The lowest BCUT2D eigenvalue weighted by Crippen LogP contribution is -2.19. The van der Waals surface area contributed by atoms with Crippen molar-refractivity contribution in [1.29, 1.82) is 0 Å². The van der Waals surface area contributed by atoms with Gasteiger partial charge < -0.3 is 5.32 Å². The fraction of sp³-hybridized carbons (Fsp3) is 0.214. The molecule has 1 aliphatic heterocycles. The number of aromatic nitrogens is 1. The molecule has 80 valence electrons. The lowest BCUT2D eigenvalue weighted by Gasteiger charge is -2.14. The van der Waals surface area contributed by atoms with Gasteiger partial charge in [0, 0.05) is 18.1 Å². The van der Waals surface area contributed by atoms with Crippen molar-refractivity contribution in [1.82, 2.24) is 10.3 Å². The molecule has 3 rings (SSSR count). The third-order valence-electron chi connectivity index (χ3n) is 3.04. The number of hydrogen-bond acceptors (Lipinski definition) is 2. The quantitative estimate of drug-likeness (QED) is 0.782. The van der Waals surface area contributed by atoms with E-state index in [9.17, 15) is 0 Å². The van der Waals surface area contributed by atoms with Gasteiger partial charge in [0.1, 0.15) is 0 Å². The van der Waals surface area contributed by atoms with Gasteiger partial charge >= 0.3 is 0 Å². The zero-order valence-electron chi connectivity index (χ0n) is 9.11. The maximum atomic E-state index is 4.39. The van der Waals surface area contributed by atoms with Crippen LogP contribution in [0.15, 0.2) is 42.6 Å². The number of hydrogen-bond donors (Lipinski definition) is 1. The first kappa shape index (κ1) is 9.55. The smallest absolute Gasteiger partial charge is 0.0708 e. The lowest BCUT2D eigenvalue weighted by molar-refractivity contribution is 0.738. The minimum atomic E-state index is 0.982. The van der Waals surface area contributed by atoms with Gasteiger partial charge in [-0.15, -0.1) is 0 Å². The van der Waals surface area contributed by atoms with Crippen LogP contribution in [0, 0.1) is 0 Å². The summed E-state index contributed by atoms with van der Waals surface area (Å²) in [5.41, 5.74) is 3.83. The van der Waals surface area contributed by atoms with E-state index in [4.69, 9.17) is 0 Å². The topological polar surface area (TPSA) is 24.9 Å². The van der Waals surface area contributed by atoms with Gasteiger partial charge in [-0.2, -0.15) is 0 Å². The first-order valence-corrected chi connectivity index (χ1v) is 5.68. The molecule has 0 atom stereocenters. The summed E-state index contributed by atoms with van der Waals surface area (Å²) in [6, 6.07) is 10.6. The van der Waals surface area contributed by atoms with E-state index >= 15 is 0 Å². The van der Waals surface area contributed by atoms with E-state index in [1.54, 1.807) is 0 Å². The van der Waals surface area contributed by atoms with Crippen molar-refractivity contribution in [3.63, 3.8) is 0 Å². The van der Waals surface area contributed by atoms with Crippen LogP contribution in [-0.2, 0) is 0 Å². The molecule has 1 aromatic heterocycles. The molecular weight excluding hydrogens is 196 g/mol. The molecule has 1 aromatic carbocycles. The van der Waals surface area contributed by atoms with Crippen LogP contribution < -0.4 is 5.32 Å². The number of pyridine rings is 1. The summed E-state index contributed by atoms with van der Waals surface area (Å²) in [6.45, 7) is 2.06. The van der Waals surface area contributed by atoms with E-state index in [0.29, 0.717) is 0 Å². The predicted molar refractivity (Wildman–Crippen MR) is 67.2 cm³/mol. The molecule has 1 aliphatic rings. The molecule has 1 N–H and O–H groups in total. The molecule has 0 unspecified atom stereocenters. The zero-order chi connectivity index (χ0) is 10.8.